The third-order valence-electron chi connectivity index (χ3n) is 5.78. The Labute approximate surface area is 175 Å². The van der Waals surface area contributed by atoms with Crippen molar-refractivity contribution in [3.8, 4) is 23.6 Å². The van der Waals surface area contributed by atoms with Crippen molar-refractivity contribution < 1.29 is 14.2 Å². The Morgan fingerprint density at radius 1 is 0.967 bits per heavy atom. The lowest BCUT2D eigenvalue weighted by atomic mass is 9.93. The van der Waals surface area contributed by atoms with Gasteiger partial charge in [0.15, 0.2) is 5.41 Å². The number of benzene rings is 2. The second-order valence-electron chi connectivity index (χ2n) is 7.21. The normalized spacial score (nSPS) is 28.0. The van der Waals surface area contributed by atoms with E-state index in [1.165, 1.54) is 0 Å². The number of para-hydroxylation sites is 1. The van der Waals surface area contributed by atoms with Gasteiger partial charge in [-0.2, -0.15) is 10.5 Å². The molecule has 0 unspecified atom stereocenters. The van der Waals surface area contributed by atoms with Gasteiger partial charge < -0.3 is 19.9 Å². The predicted octanol–water partition coefficient (Wildman–Crippen LogP) is 3.69. The molecule has 2 aromatic carbocycles. The molecule has 1 heterocycles. The summed E-state index contributed by atoms with van der Waals surface area (Å²) in [4.78, 5) is 4.36. The highest BCUT2D eigenvalue weighted by atomic mass is 16.7. The number of hydrogen-bond donors (Lipinski definition) is 1. The van der Waals surface area contributed by atoms with Crippen LogP contribution in [-0.2, 0) is 9.47 Å². The van der Waals surface area contributed by atoms with E-state index in [-0.39, 0.29) is 19.0 Å². The average Bonchev–Trinajstić information content (AvgIpc) is 3.34. The van der Waals surface area contributed by atoms with E-state index < -0.39 is 22.7 Å². The quantitative estimate of drug-likeness (QED) is 0.707. The highest BCUT2D eigenvalue weighted by Crippen LogP contribution is 2.82. The molecule has 0 radical (unpaired) electrons. The Hall–Kier alpha value is -3.39. The van der Waals surface area contributed by atoms with Crippen LogP contribution in [0.25, 0.3) is 0 Å². The summed E-state index contributed by atoms with van der Waals surface area (Å²) in [5, 5.41) is 20.4. The summed E-state index contributed by atoms with van der Waals surface area (Å²) < 4.78 is 17.7. The standard InChI is InChI=1S/C23H22N4O3/c1-3-28-23(29-4-2)22(15-25)19(21(22,14-24)20(26)27-23)16-9-8-12-18(13-16)30-17-10-6-5-7-11-17/h5-13,19H,3-4H2,1-2H3,(H2,26,27)/t19-,21-,22-/m1/s1. The molecule has 0 aromatic heterocycles. The van der Waals surface area contributed by atoms with E-state index in [2.05, 4.69) is 17.1 Å². The molecular weight excluding hydrogens is 380 g/mol. The minimum atomic E-state index is -1.62. The van der Waals surface area contributed by atoms with Gasteiger partial charge in [-0.1, -0.05) is 30.3 Å². The van der Waals surface area contributed by atoms with Crippen LogP contribution in [0.2, 0.25) is 0 Å². The molecule has 7 heteroatoms. The summed E-state index contributed by atoms with van der Waals surface area (Å²) >= 11 is 0. The number of amidine groups is 1. The van der Waals surface area contributed by atoms with Crippen molar-refractivity contribution in [1.29, 1.82) is 10.5 Å². The fourth-order valence-electron chi connectivity index (χ4n) is 4.63. The molecule has 152 valence electrons. The molecule has 0 bridgehead atoms. The summed E-state index contributed by atoms with van der Waals surface area (Å²) in [5.74, 6) is -0.831. The monoisotopic (exact) mass is 402 g/mol. The van der Waals surface area contributed by atoms with Crippen LogP contribution in [0, 0.1) is 33.5 Å². The Balaban J connectivity index is 1.79. The Bertz CT molecular complexity index is 1070. The molecule has 1 fully saturated rings. The zero-order valence-electron chi connectivity index (χ0n) is 16.8. The number of nitrogens with zero attached hydrogens (tertiary/aromatic N) is 3. The second-order valence-corrected chi connectivity index (χ2v) is 7.21. The van der Waals surface area contributed by atoms with E-state index >= 15 is 0 Å². The van der Waals surface area contributed by atoms with E-state index in [4.69, 9.17) is 19.9 Å². The Kier molecular flexibility index (Phi) is 4.74. The molecule has 4 rings (SSSR count). The van der Waals surface area contributed by atoms with Gasteiger partial charge in [0, 0.05) is 19.1 Å². The number of nitriles is 2. The molecule has 1 aliphatic heterocycles. The minimum absolute atomic E-state index is 0.0628. The van der Waals surface area contributed by atoms with Crippen LogP contribution in [0.15, 0.2) is 59.6 Å². The average molecular weight is 402 g/mol. The van der Waals surface area contributed by atoms with Crippen molar-refractivity contribution >= 4 is 5.84 Å². The van der Waals surface area contributed by atoms with E-state index in [1.807, 2.05) is 54.6 Å². The van der Waals surface area contributed by atoms with Crippen LogP contribution in [0.1, 0.15) is 25.3 Å². The van der Waals surface area contributed by atoms with Crippen molar-refractivity contribution in [2.75, 3.05) is 13.2 Å². The van der Waals surface area contributed by atoms with Crippen LogP contribution in [-0.4, -0.2) is 25.0 Å². The van der Waals surface area contributed by atoms with Crippen molar-refractivity contribution in [2.24, 2.45) is 21.6 Å². The fraction of sp³-hybridized carbons (Fsp3) is 0.348. The number of nitrogens with two attached hydrogens (primary N) is 1. The molecular formula is C23H22N4O3. The highest BCUT2D eigenvalue weighted by Gasteiger charge is 2.93. The maximum atomic E-state index is 10.3. The lowest BCUT2D eigenvalue weighted by molar-refractivity contribution is -0.255. The fourth-order valence-corrected chi connectivity index (χ4v) is 4.63. The van der Waals surface area contributed by atoms with Crippen LogP contribution in [0.5, 0.6) is 11.5 Å². The molecule has 1 aliphatic carbocycles. The first kappa shape index (κ1) is 19.9. The molecule has 30 heavy (non-hydrogen) atoms. The summed E-state index contributed by atoms with van der Waals surface area (Å²) in [6.45, 7) is 4.09. The molecule has 0 saturated heterocycles. The van der Waals surface area contributed by atoms with E-state index in [0.29, 0.717) is 11.5 Å². The summed E-state index contributed by atoms with van der Waals surface area (Å²) in [5.41, 5.74) is 4.28. The highest BCUT2D eigenvalue weighted by molar-refractivity contribution is 6.00. The number of rotatable bonds is 7. The van der Waals surface area contributed by atoms with E-state index in [0.717, 1.165) is 5.56 Å². The summed E-state index contributed by atoms with van der Waals surface area (Å²) in [6, 6.07) is 21.3. The maximum Gasteiger partial charge on any atom is 0.293 e. The van der Waals surface area contributed by atoms with Crippen LogP contribution >= 0.6 is 0 Å². The number of hydrogen-bond acceptors (Lipinski definition) is 7. The van der Waals surface area contributed by atoms with Crippen molar-refractivity contribution in [2.45, 2.75) is 25.7 Å². The smallest absolute Gasteiger partial charge is 0.293 e. The first-order valence-corrected chi connectivity index (χ1v) is 9.84. The second kappa shape index (κ2) is 7.14. The molecule has 0 amide bonds. The van der Waals surface area contributed by atoms with Gasteiger partial charge in [-0.3, -0.25) is 0 Å². The van der Waals surface area contributed by atoms with Crippen molar-refractivity contribution in [3.05, 3.63) is 60.2 Å². The predicted molar refractivity (Wildman–Crippen MR) is 109 cm³/mol. The number of ether oxygens (including phenoxy) is 3. The van der Waals surface area contributed by atoms with Gasteiger partial charge in [0.2, 0.25) is 0 Å². The first-order valence-electron chi connectivity index (χ1n) is 9.84. The summed E-state index contributed by atoms with van der Waals surface area (Å²) in [6.07, 6.45) is 0. The van der Waals surface area contributed by atoms with Crippen LogP contribution in [0.4, 0.5) is 0 Å². The lowest BCUT2D eigenvalue weighted by Crippen LogP contribution is -2.43. The van der Waals surface area contributed by atoms with Gasteiger partial charge in [0.1, 0.15) is 22.7 Å². The SMILES string of the molecule is CCOC1(OCC)N=C(N)[C@@]2(C#N)[C@@H](c3cccc(Oc4ccccc4)c3)[C@@]12C#N. The van der Waals surface area contributed by atoms with Gasteiger partial charge in [-0.15, -0.1) is 0 Å². The molecule has 2 N–H and O–H groups in total. The molecule has 3 atom stereocenters. The van der Waals surface area contributed by atoms with Crippen LogP contribution < -0.4 is 10.5 Å². The maximum absolute atomic E-state index is 10.3. The van der Waals surface area contributed by atoms with Gasteiger partial charge in [0.25, 0.3) is 5.91 Å². The zero-order chi connectivity index (χ0) is 21.4. The first-order chi connectivity index (χ1) is 14.5. The third-order valence-corrected chi connectivity index (χ3v) is 5.78. The van der Waals surface area contributed by atoms with Gasteiger partial charge in [0.05, 0.1) is 12.1 Å². The van der Waals surface area contributed by atoms with Crippen molar-refractivity contribution in [1.82, 2.24) is 0 Å². The van der Waals surface area contributed by atoms with E-state index in [9.17, 15) is 10.5 Å². The molecule has 2 aliphatic rings. The summed E-state index contributed by atoms with van der Waals surface area (Å²) in [7, 11) is 0. The molecule has 1 saturated carbocycles. The Morgan fingerprint density at radius 3 is 2.23 bits per heavy atom. The number of aliphatic imine (C=N–C) groups is 1. The largest absolute Gasteiger partial charge is 0.457 e. The molecule has 7 nitrogen and oxygen atoms in total. The van der Waals surface area contributed by atoms with Gasteiger partial charge >= 0.3 is 0 Å². The topological polar surface area (TPSA) is 114 Å². The third kappa shape index (κ3) is 2.40. The molecule has 0 spiro atoms. The van der Waals surface area contributed by atoms with Crippen molar-refractivity contribution in [3.63, 3.8) is 0 Å². The van der Waals surface area contributed by atoms with Crippen LogP contribution in [0.3, 0.4) is 0 Å². The molecule has 2 aromatic rings. The number of fused-ring (bicyclic) bond motifs is 1. The van der Waals surface area contributed by atoms with E-state index in [1.54, 1.807) is 13.8 Å². The van der Waals surface area contributed by atoms with Gasteiger partial charge in [-0.05, 0) is 43.7 Å². The Morgan fingerprint density at radius 2 is 1.63 bits per heavy atom. The van der Waals surface area contributed by atoms with Gasteiger partial charge in [-0.25, -0.2) is 4.99 Å². The zero-order valence-corrected chi connectivity index (χ0v) is 16.8. The lowest BCUT2D eigenvalue weighted by Gasteiger charge is -2.31. The minimum Gasteiger partial charge on any atom is -0.457 e.